The first-order valence-corrected chi connectivity index (χ1v) is 7.39. The maximum Gasteiger partial charge on any atom is 0.0495 e. The van der Waals surface area contributed by atoms with Gasteiger partial charge in [-0.25, -0.2) is 0 Å². The highest BCUT2D eigenvalue weighted by Gasteiger charge is 2.21. The highest BCUT2D eigenvalue weighted by atomic mass is 16.5. The number of ether oxygens (including phenoxy) is 1. The summed E-state index contributed by atoms with van der Waals surface area (Å²) in [4.78, 5) is 2.65. The Hall–Kier alpha value is -0.120. The Balaban J connectivity index is 1.55. The number of nitrogens with one attached hydrogen (secondary N) is 1. The maximum atomic E-state index is 5.43. The van der Waals surface area contributed by atoms with E-state index < -0.39 is 0 Å². The van der Waals surface area contributed by atoms with Crippen molar-refractivity contribution in [3.05, 3.63) is 0 Å². The van der Waals surface area contributed by atoms with E-state index in [4.69, 9.17) is 4.74 Å². The van der Waals surface area contributed by atoms with Crippen LogP contribution in [0, 0.1) is 11.8 Å². The van der Waals surface area contributed by atoms with Gasteiger partial charge in [-0.05, 0) is 70.2 Å². The molecule has 100 valence electrons. The smallest absolute Gasteiger partial charge is 0.0495 e. The molecule has 1 unspecified atom stereocenters. The van der Waals surface area contributed by atoms with Gasteiger partial charge in [-0.3, -0.25) is 0 Å². The lowest BCUT2D eigenvalue weighted by Gasteiger charge is -2.32. The summed E-state index contributed by atoms with van der Waals surface area (Å²) in [6, 6.07) is 0. The molecule has 17 heavy (non-hydrogen) atoms. The van der Waals surface area contributed by atoms with Crippen LogP contribution < -0.4 is 5.32 Å². The lowest BCUT2D eigenvalue weighted by Crippen LogP contribution is -2.38. The predicted molar refractivity (Wildman–Crippen MR) is 71.3 cm³/mol. The quantitative estimate of drug-likeness (QED) is 0.765. The van der Waals surface area contributed by atoms with E-state index in [0.717, 1.165) is 31.6 Å². The molecule has 2 saturated heterocycles. The molecule has 3 heteroatoms. The average molecular weight is 240 g/mol. The third-order valence-electron chi connectivity index (χ3n) is 4.27. The van der Waals surface area contributed by atoms with Crippen LogP contribution in [0.4, 0.5) is 0 Å². The standard InChI is InChI=1S/C14H28N2O/c1-2-15-11-13-3-7-16(8-4-13)9-5-14-6-10-17-12-14/h13-15H,2-12H2,1H3. The number of rotatable bonds is 6. The van der Waals surface area contributed by atoms with Crippen LogP contribution in [-0.2, 0) is 4.74 Å². The van der Waals surface area contributed by atoms with Gasteiger partial charge < -0.3 is 15.0 Å². The molecule has 0 aromatic rings. The summed E-state index contributed by atoms with van der Waals surface area (Å²) in [5, 5.41) is 3.47. The molecule has 2 fully saturated rings. The molecule has 0 saturated carbocycles. The minimum Gasteiger partial charge on any atom is -0.381 e. The van der Waals surface area contributed by atoms with Crippen LogP contribution >= 0.6 is 0 Å². The molecule has 0 aromatic heterocycles. The van der Waals surface area contributed by atoms with E-state index in [1.807, 2.05) is 0 Å². The Morgan fingerprint density at radius 1 is 1.18 bits per heavy atom. The fourth-order valence-corrected chi connectivity index (χ4v) is 2.94. The van der Waals surface area contributed by atoms with E-state index in [9.17, 15) is 0 Å². The number of nitrogens with zero attached hydrogens (tertiary/aromatic N) is 1. The predicted octanol–water partition coefficient (Wildman–Crippen LogP) is 1.73. The fourth-order valence-electron chi connectivity index (χ4n) is 2.94. The van der Waals surface area contributed by atoms with Gasteiger partial charge in [0.25, 0.3) is 0 Å². The molecule has 2 heterocycles. The van der Waals surface area contributed by atoms with Gasteiger partial charge in [0.2, 0.25) is 0 Å². The van der Waals surface area contributed by atoms with Crippen molar-refractivity contribution >= 4 is 0 Å². The van der Waals surface area contributed by atoms with Crippen molar-refractivity contribution in [3.8, 4) is 0 Å². The molecule has 0 radical (unpaired) electrons. The van der Waals surface area contributed by atoms with Crippen molar-refractivity contribution in [2.24, 2.45) is 11.8 Å². The highest BCUT2D eigenvalue weighted by Crippen LogP contribution is 2.20. The number of hydrogen-bond donors (Lipinski definition) is 1. The van der Waals surface area contributed by atoms with Crippen LogP contribution in [-0.4, -0.2) is 50.8 Å². The zero-order chi connectivity index (χ0) is 11.9. The lowest BCUT2D eigenvalue weighted by atomic mass is 9.96. The Morgan fingerprint density at radius 2 is 2.00 bits per heavy atom. The summed E-state index contributed by atoms with van der Waals surface area (Å²) < 4.78 is 5.43. The summed E-state index contributed by atoms with van der Waals surface area (Å²) in [6.07, 6.45) is 5.40. The minimum atomic E-state index is 0.842. The molecule has 0 bridgehead atoms. The van der Waals surface area contributed by atoms with E-state index in [0.29, 0.717) is 0 Å². The normalized spacial score (nSPS) is 27.7. The monoisotopic (exact) mass is 240 g/mol. The van der Waals surface area contributed by atoms with Crippen LogP contribution in [0.5, 0.6) is 0 Å². The van der Waals surface area contributed by atoms with Gasteiger partial charge in [-0.1, -0.05) is 6.92 Å². The molecule has 2 aliphatic heterocycles. The molecule has 0 spiro atoms. The second kappa shape index (κ2) is 7.34. The van der Waals surface area contributed by atoms with E-state index in [2.05, 4.69) is 17.1 Å². The van der Waals surface area contributed by atoms with Crippen molar-refractivity contribution in [1.82, 2.24) is 10.2 Å². The summed E-state index contributed by atoms with van der Waals surface area (Å²) in [6.45, 7) is 10.4. The molecule has 0 aliphatic carbocycles. The van der Waals surface area contributed by atoms with Crippen LogP contribution in [0.15, 0.2) is 0 Å². The zero-order valence-electron chi connectivity index (χ0n) is 11.3. The first-order chi connectivity index (χ1) is 8.38. The van der Waals surface area contributed by atoms with Gasteiger partial charge >= 0.3 is 0 Å². The second-order valence-electron chi connectivity index (χ2n) is 5.61. The van der Waals surface area contributed by atoms with Crippen molar-refractivity contribution < 1.29 is 4.74 Å². The Bertz CT molecular complexity index is 196. The van der Waals surface area contributed by atoms with Gasteiger partial charge in [-0.15, -0.1) is 0 Å². The fraction of sp³-hybridized carbons (Fsp3) is 1.00. The average Bonchev–Trinajstić information content (AvgIpc) is 2.88. The second-order valence-corrected chi connectivity index (χ2v) is 5.61. The van der Waals surface area contributed by atoms with Crippen LogP contribution in [0.2, 0.25) is 0 Å². The third kappa shape index (κ3) is 4.57. The van der Waals surface area contributed by atoms with Crippen molar-refractivity contribution in [3.63, 3.8) is 0 Å². The molecule has 2 aliphatic rings. The maximum absolute atomic E-state index is 5.43. The minimum absolute atomic E-state index is 0.842. The van der Waals surface area contributed by atoms with Crippen molar-refractivity contribution in [1.29, 1.82) is 0 Å². The molecular formula is C14H28N2O. The van der Waals surface area contributed by atoms with Gasteiger partial charge in [0.15, 0.2) is 0 Å². The van der Waals surface area contributed by atoms with E-state index in [1.165, 1.54) is 51.9 Å². The first kappa shape index (κ1) is 13.3. The SMILES string of the molecule is CCNCC1CCN(CCC2CCOC2)CC1. The summed E-state index contributed by atoms with van der Waals surface area (Å²) in [5.41, 5.74) is 0. The molecule has 3 nitrogen and oxygen atoms in total. The third-order valence-corrected chi connectivity index (χ3v) is 4.27. The number of piperidine rings is 1. The van der Waals surface area contributed by atoms with Crippen molar-refractivity contribution in [2.75, 3.05) is 45.9 Å². The van der Waals surface area contributed by atoms with Crippen LogP contribution in [0.3, 0.4) is 0 Å². The zero-order valence-corrected chi connectivity index (χ0v) is 11.3. The topological polar surface area (TPSA) is 24.5 Å². The summed E-state index contributed by atoms with van der Waals surface area (Å²) >= 11 is 0. The van der Waals surface area contributed by atoms with Gasteiger partial charge in [0.05, 0.1) is 0 Å². The van der Waals surface area contributed by atoms with E-state index in [1.54, 1.807) is 0 Å². The lowest BCUT2D eigenvalue weighted by molar-refractivity contribution is 0.159. The van der Waals surface area contributed by atoms with E-state index >= 15 is 0 Å². The van der Waals surface area contributed by atoms with Gasteiger partial charge in [-0.2, -0.15) is 0 Å². The van der Waals surface area contributed by atoms with E-state index in [-0.39, 0.29) is 0 Å². The van der Waals surface area contributed by atoms with Crippen LogP contribution in [0.25, 0.3) is 0 Å². The molecule has 0 aromatic carbocycles. The van der Waals surface area contributed by atoms with Crippen LogP contribution in [0.1, 0.15) is 32.6 Å². The summed E-state index contributed by atoms with van der Waals surface area (Å²) in [5.74, 6) is 1.76. The summed E-state index contributed by atoms with van der Waals surface area (Å²) in [7, 11) is 0. The Labute approximate surface area is 106 Å². The number of likely N-dealkylation sites (tertiary alicyclic amines) is 1. The van der Waals surface area contributed by atoms with Crippen molar-refractivity contribution in [2.45, 2.75) is 32.6 Å². The molecule has 0 amide bonds. The highest BCUT2D eigenvalue weighted by molar-refractivity contribution is 4.75. The van der Waals surface area contributed by atoms with Gasteiger partial charge in [0.1, 0.15) is 0 Å². The molecule has 2 rings (SSSR count). The first-order valence-electron chi connectivity index (χ1n) is 7.39. The largest absolute Gasteiger partial charge is 0.381 e. The Morgan fingerprint density at radius 3 is 2.65 bits per heavy atom. The molecule has 1 N–H and O–H groups in total. The Kier molecular flexibility index (Phi) is 5.75. The molecule has 1 atom stereocenters. The number of hydrogen-bond acceptors (Lipinski definition) is 3. The van der Waals surface area contributed by atoms with Gasteiger partial charge in [0, 0.05) is 13.2 Å². The molecular weight excluding hydrogens is 212 g/mol.